The van der Waals surface area contributed by atoms with E-state index in [0.29, 0.717) is 34.6 Å². The molecule has 0 atom stereocenters. The molecule has 1 aromatic carbocycles. The molecule has 4 aromatic rings. The van der Waals surface area contributed by atoms with Gasteiger partial charge in [-0.3, -0.25) is 9.59 Å². The van der Waals surface area contributed by atoms with E-state index in [9.17, 15) is 9.59 Å². The predicted octanol–water partition coefficient (Wildman–Crippen LogP) is 2.61. The summed E-state index contributed by atoms with van der Waals surface area (Å²) in [6, 6.07) is 9.23. The quantitative estimate of drug-likeness (QED) is 0.496. The zero-order valence-corrected chi connectivity index (χ0v) is 16.5. The van der Waals surface area contributed by atoms with Crippen molar-refractivity contribution in [1.29, 1.82) is 0 Å². The van der Waals surface area contributed by atoms with Crippen LogP contribution in [-0.4, -0.2) is 24.8 Å². The maximum Gasteiger partial charge on any atom is 0.281 e. The first-order valence-corrected chi connectivity index (χ1v) is 9.84. The van der Waals surface area contributed by atoms with Crippen LogP contribution in [0, 0.1) is 6.92 Å². The number of nitrogens with zero attached hydrogens (tertiary/aromatic N) is 4. The largest absolute Gasteiger partial charge is 0.370 e. The van der Waals surface area contributed by atoms with Crippen LogP contribution in [0.1, 0.15) is 30.0 Å². The van der Waals surface area contributed by atoms with Gasteiger partial charge in [-0.1, -0.05) is 18.2 Å². The van der Waals surface area contributed by atoms with Gasteiger partial charge in [-0.2, -0.15) is 0 Å². The molecule has 0 radical (unpaired) electrons. The molecule has 142 valence electrons. The second-order valence-corrected chi connectivity index (χ2v) is 8.69. The van der Waals surface area contributed by atoms with Crippen LogP contribution in [0.2, 0.25) is 0 Å². The summed E-state index contributed by atoms with van der Waals surface area (Å²) in [4.78, 5) is 28.2. The number of aryl methyl sites for hydroxylation is 1. The highest BCUT2D eigenvalue weighted by atomic mass is 32.1. The van der Waals surface area contributed by atoms with Gasteiger partial charge in [0, 0.05) is 11.3 Å². The van der Waals surface area contributed by atoms with Crippen molar-refractivity contribution in [2.75, 3.05) is 0 Å². The van der Waals surface area contributed by atoms with Gasteiger partial charge in [0.2, 0.25) is 5.78 Å². The number of para-hydroxylation sites is 1. The molecule has 0 fully saturated rings. The highest BCUT2D eigenvalue weighted by molar-refractivity contribution is 7.18. The molecule has 0 saturated carbocycles. The third-order valence-electron chi connectivity index (χ3n) is 5.11. The van der Waals surface area contributed by atoms with Crippen LogP contribution >= 0.6 is 11.3 Å². The first-order valence-electron chi connectivity index (χ1n) is 9.02. The summed E-state index contributed by atoms with van der Waals surface area (Å²) >= 11 is 1.43. The standard InChI is InChI=1S/C20H18N4O3S/c1-11-16(25)24-18-15(13-9-20(2,3)27-10-14(13)28-18)17(26)23(19(24)22-21-11)12-7-5-4-6-8-12/h4-8H,9-10H2,1-3H3. The normalized spacial score (nSPS) is 15.8. The Balaban J connectivity index is 2.03. The maximum atomic E-state index is 13.6. The summed E-state index contributed by atoms with van der Waals surface area (Å²) in [5.41, 5.74) is 1.09. The number of benzene rings is 1. The maximum absolute atomic E-state index is 13.6. The first-order chi connectivity index (χ1) is 13.4. The summed E-state index contributed by atoms with van der Waals surface area (Å²) in [6.07, 6.45) is 0.615. The van der Waals surface area contributed by atoms with Crippen molar-refractivity contribution in [2.24, 2.45) is 0 Å². The van der Waals surface area contributed by atoms with Crippen molar-refractivity contribution in [3.8, 4) is 5.69 Å². The van der Waals surface area contributed by atoms with E-state index >= 15 is 0 Å². The number of hydrogen-bond acceptors (Lipinski definition) is 6. The Hall–Kier alpha value is -2.84. The number of fused-ring (bicyclic) bond motifs is 5. The van der Waals surface area contributed by atoms with Crippen LogP contribution in [0.4, 0.5) is 0 Å². The van der Waals surface area contributed by atoms with E-state index in [1.807, 2.05) is 44.2 Å². The number of rotatable bonds is 1. The Morgan fingerprint density at radius 2 is 1.86 bits per heavy atom. The van der Waals surface area contributed by atoms with Crippen LogP contribution in [0.3, 0.4) is 0 Å². The average molecular weight is 394 g/mol. The Morgan fingerprint density at radius 3 is 2.61 bits per heavy atom. The van der Waals surface area contributed by atoms with Crippen molar-refractivity contribution >= 4 is 27.3 Å². The second kappa shape index (κ2) is 5.83. The Bertz CT molecular complexity index is 1370. The van der Waals surface area contributed by atoms with Crippen molar-refractivity contribution < 1.29 is 4.74 Å². The van der Waals surface area contributed by atoms with Gasteiger partial charge in [0.1, 0.15) is 10.5 Å². The topological polar surface area (TPSA) is 78.5 Å². The monoisotopic (exact) mass is 394 g/mol. The molecule has 5 rings (SSSR count). The lowest BCUT2D eigenvalue weighted by Crippen LogP contribution is -2.33. The van der Waals surface area contributed by atoms with Crippen molar-refractivity contribution in [3.05, 3.63) is 67.2 Å². The third kappa shape index (κ3) is 2.38. The fraction of sp³-hybridized carbons (Fsp3) is 0.300. The highest BCUT2D eigenvalue weighted by Crippen LogP contribution is 2.37. The van der Waals surface area contributed by atoms with E-state index in [4.69, 9.17) is 4.74 Å². The van der Waals surface area contributed by atoms with Crippen LogP contribution in [0.25, 0.3) is 21.7 Å². The van der Waals surface area contributed by atoms with Crippen LogP contribution < -0.4 is 11.1 Å². The molecular weight excluding hydrogens is 376 g/mol. The van der Waals surface area contributed by atoms with Gasteiger partial charge in [-0.25, -0.2) is 8.97 Å². The number of thiophene rings is 1. The second-order valence-electron chi connectivity index (χ2n) is 7.61. The summed E-state index contributed by atoms with van der Waals surface area (Å²) in [6.45, 7) is 6.08. The predicted molar refractivity (Wildman–Crippen MR) is 108 cm³/mol. The Morgan fingerprint density at radius 1 is 1.11 bits per heavy atom. The van der Waals surface area contributed by atoms with Crippen molar-refractivity contribution in [3.63, 3.8) is 0 Å². The van der Waals surface area contributed by atoms with E-state index in [0.717, 1.165) is 10.4 Å². The van der Waals surface area contributed by atoms with Gasteiger partial charge in [0.15, 0.2) is 0 Å². The van der Waals surface area contributed by atoms with Crippen molar-refractivity contribution in [2.45, 2.75) is 39.4 Å². The van der Waals surface area contributed by atoms with Gasteiger partial charge < -0.3 is 4.74 Å². The zero-order chi connectivity index (χ0) is 19.6. The molecule has 4 heterocycles. The van der Waals surface area contributed by atoms with Gasteiger partial charge in [0.05, 0.1) is 23.3 Å². The van der Waals surface area contributed by atoms with Gasteiger partial charge >= 0.3 is 0 Å². The van der Waals surface area contributed by atoms with E-state index in [1.54, 1.807) is 6.92 Å². The van der Waals surface area contributed by atoms with E-state index in [2.05, 4.69) is 10.2 Å². The molecule has 0 N–H and O–H groups in total. The number of aromatic nitrogens is 4. The summed E-state index contributed by atoms with van der Waals surface area (Å²) < 4.78 is 8.92. The molecule has 0 amide bonds. The lowest BCUT2D eigenvalue weighted by molar-refractivity contribution is -0.0379. The molecule has 0 bridgehead atoms. The van der Waals surface area contributed by atoms with Crippen LogP contribution in [0.5, 0.6) is 0 Å². The lowest BCUT2D eigenvalue weighted by atomic mass is 9.94. The highest BCUT2D eigenvalue weighted by Gasteiger charge is 2.32. The van der Waals surface area contributed by atoms with Gasteiger partial charge in [-0.15, -0.1) is 21.5 Å². The molecule has 0 spiro atoms. The summed E-state index contributed by atoms with van der Waals surface area (Å²) in [7, 11) is 0. The smallest absolute Gasteiger partial charge is 0.281 e. The molecule has 0 aliphatic carbocycles. The average Bonchev–Trinajstić information content (AvgIpc) is 3.03. The number of hydrogen-bond donors (Lipinski definition) is 0. The molecule has 7 nitrogen and oxygen atoms in total. The molecule has 8 heteroatoms. The summed E-state index contributed by atoms with van der Waals surface area (Å²) in [5.74, 6) is 0.220. The zero-order valence-electron chi connectivity index (χ0n) is 15.7. The molecule has 1 aliphatic heterocycles. The lowest BCUT2D eigenvalue weighted by Gasteiger charge is -2.29. The molecule has 28 heavy (non-hydrogen) atoms. The van der Waals surface area contributed by atoms with Crippen LogP contribution in [0.15, 0.2) is 39.9 Å². The minimum absolute atomic E-state index is 0.186. The fourth-order valence-corrected chi connectivity index (χ4v) is 4.93. The Kier molecular flexibility index (Phi) is 3.59. The van der Waals surface area contributed by atoms with E-state index in [-0.39, 0.29) is 22.5 Å². The number of ether oxygens (including phenoxy) is 1. The SMILES string of the molecule is Cc1nnc2n(-c3ccccc3)c(=O)c3c4c(sc3n2c1=O)COC(C)(C)C4. The van der Waals surface area contributed by atoms with Crippen LogP contribution in [-0.2, 0) is 17.8 Å². The van der Waals surface area contributed by atoms with E-state index < -0.39 is 0 Å². The molecule has 3 aromatic heterocycles. The van der Waals surface area contributed by atoms with Gasteiger partial charge in [0.25, 0.3) is 11.1 Å². The van der Waals surface area contributed by atoms with Gasteiger partial charge in [-0.05, 0) is 38.5 Å². The first kappa shape index (κ1) is 17.3. The molecular formula is C20H18N4O3S. The molecule has 0 saturated heterocycles. The Labute approximate surface area is 163 Å². The minimum atomic E-state index is -0.364. The van der Waals surface area contributed by atoms with Crippen molar-refractivity contribution in [1.82, 2.24) is 19.2 Å². The fourth-order valence-electron chi connectivity index (χ4n) is 3.72. The minimum Gasteiger partial charge on any atom is -0.370 e. The van der Waals surface area contributed by atoms with E-state index in [1.165, 1.54) is 20.3 Å². The molecule has 0 unspecified atom stereocenters. The molecule has 1 aliphatic rings. The summed E-state index contributed by atoms with van der Waals surface area (Å²) in [5, 5.41) is 8.77. The third-order valence-corrected chi connectivity index (χ3v) is 6.30.